The van der Waals surface area contributed by atoms with Gasteiger partial charge in [-0.25, -0.2) is 9.97 Å². The van der Waals surface area contributed by atoms with Crippen molar-refractivity contribution in [2.75, 3.05) is 5.75 Å². The minimum atomic E-state index is 0.0372. The molecule has 0 aliphatic rings. The lowest BCUT2D eigenvalue weighted by Gasteiger charge is -1.90. The van der Waals surface area contributed by atoms with Gasteiger partial charge in [0.15, 0.2) is 10.8 Å². The van der Waals surface area contributed by atoms with Gasteiger partial charge in [-0.15, -0.1) is 0 Å². The molecule has 2 rings (SSSR count). The normalized spacial score (nSPS) is 10.0. The van der Waals surface area contributed by atoms with Gasteiger partial charge in [0.1, 0.15) is 17.2 Å². The number of nitrogens with one attached hydrogen (secondary N) is 1. The quantitative estimate of drug-likeness (QED) is 0.628. The molecule has 1 N–H and O–H groups in total. The molecule has 0 amide bonds. The number of hydrogen-bond donors (Lipinski definition) is 1. The van der Waals surface area contributed by atoms with Crippen LogP contribution in [0.5, 0.6) is 0 Å². The first-order valence-corrected chi connectivity index (χ1v) is 6.01. The highest BCUT2D eigenvalue weighted by atomic mass is 35.5. The van der Waals surface area contributed by atoms with Crippen molar-refractivity contribution in [3.8, 4) is 11.8 Å². The predicted molar refractivity (Wildman–Crippen MR) is 66.7 cm³/mol. The van der Waals surface area contributed by atoms with Crippen LogP contribution in [0.4, 0.5) is 0 Å². The van der Waals surface area contributed by atoms with Crippen molar-refractivity contribution in [3.05, 3.63) is 17.2 Å². The fraction of sp³-hybridized carbons (Fsp3) is 0.200. The molecular weight excluding hydrogens is 260 g/mol. The van der Waals surface area contributed by atoms with E-state index >= 15 is 0 Å². The highest BCUT2D eigenvalue weighted by Gasteiger charge is 2.08. The topological polar surface area (TPSA) is 71.5 Å². The summed E-state index contributed by atoms with van der Waals surface area (Å²) in [6.07, 6.45) is 1.34. The summed E-state index contributed by atoms with van der Waals surface area (Å²) in [4.78, 5) is 18.5. The highest BCUT2D eigenvalue weighted by Crippen LogP contribution is 2.20. The van der Waals surface area contributed by atoms with Gasteiger partial charge < -0.3 is 0 Å². The van der Waals surface area contributed by atoms with E-state index in [0.717, 1.165) is 11.8 Å². The summed E-state index contributed by atoms with van der Waals surface area (Å²) in [6.45, 7) is 1.50. The highest BCUT2D eigenvalue weighted by molar-refractivity contribution is 8.13. The number of fused-ring (bicyclic) bond motifs is 1. The van der Waals surface area contributed by atoms with E-state index < -0.39 is 0 Å². The summed E-state index contributed by atoms with van der Waals surface area (Å²) in [7, 11) is 0. The summed E-state index contributed by atoms with van der Waals surface area (Å²) in [5, 5.41) is 7.65. The first kappa shape index (κ1) is 11.9. The summed E-state index contributed by atoms with van der Waals surface area (Å²) in [5.74, 6) is 6.14. The van der Waals surface area contributed by atoms with Crippen LogP contribution in [0.3, 0.4) is 0 Å². The number of thioether (sulfide) groups is 1. The van der Waals surface area contributed by atoms with Crippen LogP contribution < -0.4 is 0 Å². The lowest BCUT2D eigenvalue weighted by Crippen LogP contribution is -1.84. The van der Waals surface area contributed by atoms with Crippen LogP contribution in [0, 0.1) is 11.8 Å². The number of aromatic amines is 1. The van der Waals surface area contributed by atoms with Crippen molar-refractivity contribution >= 4 is 39.5 Å². The van der Waals surface area contributed by atoms with Gasteiger partial charge in [-0.2, -0.15) is 5.10 Å². The molecule has 2 heterocycles. The molecule has 0 fully saturated rings. The monoisotopic (exact) mass is 266 g/mol. The Morgan fingerprint density at radius 1 is 1.59 bits per heavy atom. The molecule has 0 atom stereocenters. The number of carbonyl (C=O) groups excluding carboxylic acids is 1. The van der Waals surface area contributed by atoms with Gasteiger partial charge in [0, 0.05) is 6.92 Å². The summed E-state index contributed by atoms with van der Waals surface area (Å²) in [5.41, 5.74) is 1.04. The Kier molecular flexibility index (Phi) is 3.61. The molecule has 86 valence electrons. The molecule has 0 unspecified atom stereocenters. The number of aromatic nitrogens is 4. The summed E-state index contributed by atoms with van der Waals surface area (Å²) < 4.78 is 0. The number of carbonyl (C=O) groups is 1. The molecule has 5 nitrogen and oxygen atoms in total. The number of rotatable bonds is 1. The molecule has 0 bridgehead atoms. The first-order chi connectivity index (χ1) is 8.18. The van der Waals surface area contributed by atoms with Gasteiger partial charge in [0.25, 0.3) is 0 Å². The fourth-order valence-electron chi connectivity index (χ4n) is 1.17. The SMILES string of the molecule is CC(=O)SCC#Cc1[nH]nc2ncnc(Cl)c12. The molecule has 2 aromatic heterocycles. The maximum absolute atomic E-state index is 10.7. The van der Waals surface area contributed by atoms with Gasteiger partial charge in [0.05, 0.1) is 11.1 Å². The third kappa shape index (κ3) is 2.75. The molecule has 0 saturated carbocycles. The Morgan fingerprint density at radius 3 is 3.18 bits per heavy atom. The van der Waals surface area contributed by atoms with Crippen LogP contribution in [0.2, 0.25) is 5.15 Å². The van der Waals surface area contributed by atoms with Gasteiger partial charge in [-0.05, 0) is 5.92 Å². The molecule has 7 heteroatoms. The second-order valence-corrected chi connectivity index (χ2v) is 4.55. The average Bonchev–Trinajstić information content (AvgIpc) is 2.69. The van der Waals surface area contributed by atoms with E-state index in [2.05, 4.69) is 32.0 Å². The van der Waals surface area contributed by atoms with Crippen LogP contribution in [0.15, 0.2) is 6.33 Å². The molecule has 0 saturated heterocycles. The largest absolute Gasteiger partial charge is 0.288 e. The van der Waals surface area contributed by atoms with E-state index in [1.165, 1.54) is 13.3 Å². The van der Waals surface area contributed by atoms with Crippen molar-refractivity contribution < 1.29 is 4.79 Å². The molecule has 0 aliphatic carbocycles. The van der Waals surface area contributed by atoms with Crippen LogP contribution in [0.1, 0.15) is 12.6 Å². The Bertz CT molecular complexity index is 628. The van der Waals surface area contributed by atoms with Crippen molar-refractivity contribution in [1.29, 1.82) is 0 Å². The van der Waals surface area contributed by atoms with E-state index in [1.54, 1.807) is 0 Å². The lowest BCUT2D eigenvalue weighted by atomic mass is 10.3. The number of H-pyrrole nitrogens is 1. The number of halogens is 1. The van der Waals surface area contributed by atoms with E-state index in [-0.39, 0.29) is 5.12 Å². The van der Waals surface area contributed by atoms with Crippen molar-refractivity contribution in [2.24, 2.45) is 0 Å². The van der Waals surface area contributed by atoms with Crippen LogP contribution in [-0.2, 0) is 4.79 Å². The van der Waals surface area contributed by atoms with E-state index in [0.29, 0.717) is 27.6 Å². The Balaban J connectivity index is 2.27. The zero-order chi connectivity index (χ0) is 12.3. The van der Waals surface area contributed by atoms with E-state index in [9.17, 15) is 4.79 Å². The van der Waals surface area contributed by atoms with E-state index in [1.807, 2.05) is 0 Å². The first-order valence-electron chi connectivity index (χ1n) is 4.65. The average molecular weight is 267 g/mol. The summed E-state index contributed by atoms with van der Waals surface area (Å²) in [6, 6.07) is 0. The zero-order valence-corrected chi connectivity index (χ0v) is 10.4. The van der Waals surface area contributed by atoms with Gasteiger partial charge >= 0.3 is 0 Å². The second kappa shape index (κ2) is 5.17. The van der Waals surface area contributed by atoms with E-state index in [4.69, 9.17) is 11.6 Å². The minimum absolute atomic E-state index is 0.0372. The maximum atomic E-state index is 10.7. The molecule has 0 spiro atoms. The van der Waals surface area contributed by atoms with Crippen LogP contribution in [-0.4, -0.2) is 31.0 Å². The molecule has 17 heavy (non-hydrogen) atoms. The zero-order valence-electron chi connectivity index (χ0n) is 8.82. The molecular formula is C10H7ClN4OS. The second-order valence-electron chi connectivity index (χ2n) is 3.04. The predicted octanol–water partition coefficient (Wildman–Crippen LogP) is 1.64. The van der Waals surface area contributed by atoms with Gasteiger partial charge in [-0.3, -0.25) is 9.89 Å². The smallest absolute Gasteiger partial charge is 0.186 e. The molecule has 0 aromatic carbocycles. The third-order valence-corrected chi connectivity index (χ3v) is 2.85. The summed E-state index contributed by atoms with van der Waals surface area (Å²) >= 11 is 7.08. The Labute approximate surface area is 106 Å². The Morgan fingerprint density at radius 2 is 2.41 bits per heavy atom. The fourth-order valence-corrected chi connectivity index (χ4v) is 1.74. The maximum Gasteiger partial charge on any atom is 0.186 e. The van der Waals surface area contributed by atoms with Crippen molar-refractivity contribution in [1.82, 2.24) is 20.2 Å². The minimum Gasteiger partial charge on any atom is -0.288 e. The molecule has 0 radical (unpaired) electrons. The van der Waals surface area contributed by atoms with Crippen LogP contribution in [0.25, 0.3) is 11.0 Å². The lowest BCUT2D eigenvalue weighted by molar-refractivity contribution is -0.109. The van der Waals surface area contributed by atoms with Crippen molar-refractivity contribution in [2.45, 2.75) is 6.92 Å². The molecule has 2 aromatic rings. The standard InChI is InChI=1S/C10H7ClN4OS/c1-6(16)17-4-2-3-7-8-9(11)12-5-13-10(8)15-14-7/h5H,4H2,1H3,(H,12,13,14,15). The van der Waals surface area contributed by atoms with Crippen LogP contribution >= 0.6 is 23.4 Å². The molecule has 0 aliphatic heterocycles. The van der Waals surface area contributed by atoms with Gasteiger partial charge in [-0.1, -0.05) is 29.3 Å². The Hall–Kier alpha value is -1.58. The third-order valence-electron chi connectivity index (χ3n) is 1.87. The number of nitrogens with zero attached hydrogens (tertiary/aromatic N) is 3. The van der Waals surface area contributed by atoms with Gasteiger partial charge in [0.2, 0.25) is 0 Å². The van der Waals surface area contributed by atoms with Crippen molar-refractivity contribution in [3.63, 3.8) is 0 Å². The number of hydrogen-bond acceptors (Lipinski definition) is 5.